The molecule has 3 aliphatic rings. The fraction of sp³-hybridized carbons (Fsp3) is 0.667. The first-order valence-corrected chi connectivity index (χ1v) is 8.73. The second kappa shape index (κ2) is 6.85. The fourth-order valence-electron chi connectivity index (χ4n) is 4.26. The Morgan fingerprint density at radius 3 is 2.61 bits per heavy atom. The number of morpholine rings is 1. The lowest BCUT2D eigenvalue weighted by Gasteiger charge is -2.37. The zero-order valence-corrected chi connectivity index (χ0v) is 13.5. The summed E-state index contributed by atoms with van der Waals surface area (Å²) in [6.45, 7) is 6.45. The summed E-state index contributed by atoms with van der Waals surface area (Å²) in [4.78, 5) is 5.08. The van der Waals surface area contributed by atoms with Crippen molar-refractivity contribution in [3.8, 4) is 0 Å². The number of rotatable bonds is 3. The van der Waals surface area contributed by atoms with Gasteiger partial charge in [0.15, 0.2) is 0 Å². The summed E-state index contributed by atoms with van der Waals surface area (Å²) in [6.07, 6.45) is 2.64. The van der Waals surface area contributed by atoms with Gasteiger partial charge in [-0.3, -0.25) is 9.80 Å². The maximum Gasteiger partial charge on any atom is 0.123 e. The quantitative estimate of drug-likeness (QED) is 0.849. The number of likely N-dealkylation sites (tertiary alicyclic amines) is 1. The van der Waals surface area contributed by atoms with Crippen molar-refractivity contribution in [3.63, 3.8) is 0 Å². The summed E-state index contributed by atoms with van der Waals surface area (Å²) in [5.41, 5.74) is 1.18. The Morgan fingerprint density at radius 1 is 1.04 bits per heavy atom. The zero-order valence-electron chi connectivity index (χ0n) is 13.5. The van der Waals surface area contributed by atoms with Gasteiger partial charge in [0.05, 0.1) is 25.4 Å². The summed E-state index contributed by atoms with van der Waals surface area (Å²) in [7, 11) is 0. The largest absolute Gasteiger partial charge is 0.379 e. The average Bonchev–Trinajstić information content (AvgIpc) is 2.97. The first-order chi connectivity index (χ1) is 11.3. The number of ether oxygens (including phenoxy) is 2. The maximum absolute atomic E-state index is 13.1. The van der Waals surface area contributed by atoms with E-state index in [9.17, 15) is 4.39 Å². The van der Waals surface area contributed by atoms with Crippen molar-refractivity contribution in [2.45, 2.75) is 37.6 Å². The molecule has 3 saturated heterocycles. The molecule has 23 heavy (non-hydrogen) atoms. The molecule has 3 fully saturated rings. The van der Waals surface area contributed by atoms with Crippen LogP contribution in [0.15, 0.2) is 24.3 Å². The van der Waals surface area contributed by atoms with Crippen molar-refractivity contribution in [3.05, 3.63) is 35.6 Å². The van der Waals surface area contributed by atoms with Gasteiger partial charge in [0.2, 0.25) is 0 Å². The molecule has 0 spiro atoms. The Bertz CT molecular complexity index is 518. The molecular weight excluding hydrogens is 295 g/mol. The Kier molecular flexibility index (Phi) is 4.62. The van der Waals surface area contributed by atoms with Gasteiger partial charge in [-0.25, -0.2) is 4.39 Å². The van der Waals surface area contributed by atoms with Gasteiger partial charge >= 0.3 is 0 Å². The molecular formula is C18H25FN2O2. The first kappa shape index (κ1) is 15.5. The van der Waals surface area contributed by atoms with E-state index in [0.717, 1.165) is 52.4 Å². The number of hydrogen-bond acceptors (Lipinski definition) is 4. The summed E-state index contributed by atoms with van der Waals surface area (Å²) in [6, 6.07) is 7.86. The summed E-state index contributed by atoms with van der Waals surface area (Å²) in [5, 5.41) is 0. The molecule has 0 aromatic heterocycles. The van der Waals surface area contributed by atoms with Crippen LogP contribution in [-0.2, 0) is 16.0 Å². The highest BCUT2D eigenvalue weighted by atomic mass is 19.1. The SMILES string of the molecule is Fc1ccc(CN2C[C@H](N3CCOCC3)C3OCCCC32)cc1. The highest BCUT2D eigenvalue weighted by molar-refractivity contribution is 5.17. The Morgan fingerprint density at radius 2 is 1.83 bits per heavy atom. The van der Waals surface area contributed by atoms with E-state index in [1.54, 1.807) is 12.1 Å². The molecule has 3 atom stereocenters. The van der Waals surface area contributed by atoms with Crippen molar-refractivity contribution in [2.24, 2.45) is 0 Å². The van der Waals surface area contributed by atoms with E-state index in [0.29, 0.717) is 18.2 Å². The summed E-state index contributed by atoms with van der Waals surface area (Å²) < 4.78 is 24.8. The highest BCUT2D eigenvalue weighted by Crippen LogP contribution is 2.33. The molecule has 0 radical (unpaired) electrons. The zero-order chi connectivity index (χ0) is 15.6. The minimum atomic E-state index is -0.166. The average molecular weight is 320 g/mol. The van der Waals surface area contributed by atoms with E-state index in [4.69, 9.17) is 9.47 Å². The van der Waals surface area contributed by atoms with E-state index in [1.807, 2.05) is 12.1 Å². The van der Waals surface area contributed by atoms with Crippen LogP contribution in [0, 0.1) is 5.82 Å². The number of benzene rings is 1. The van der Waals surface area contributed by atoms with Crippen molar-refractivity contribution in [1.29, 1.82) is 0 Å². The predicted molar refractivity (Wildman–Crippen MR) is 85.8 cm³/mol. The van der Waals surface area contributed by atoms with E-state index in [2.05, 4.69) is 9.80 Å². The van der Waals surface area contributed by atoms with Crippen LogP contribution in [-0.4, -0.2) is 67.4 Å². The standard InChI is InChI=1S/C18H25FN2O2/c19-15-5-3-14(4-6-15)12-21-13-17(20-7-10-22-11-8-20)18-16(21)2-1-9-23-18/h3-6,16-18H,1-2,7-13H2/t16?,17-,18?/m0/s1. The lowest BCUT2D eigenvalue weighted by molar-refractivity contribution is -0.0593. The second-order valence-corrected chi connectivity index (χ2v) is 6.82. The van der Waals surface area contributed by atoms with Crippen LogP contribution in [0.4, 0.5) is 4.39 Å². The van der Waals surface area contributed by atoms with E-state index >= 15 is 0 Å². The molecule has 0 bridgehead atoms. The highest BCUT2D eigenvalue weighted by Gasteiger charge is 2.46. The second-order valence-electron chi connectivity index (χ2n) is 6.82. The number of fused-ring (bicyclic) bond motifs is 1. The van der Waals surface area contributed by atoms with E-state index in [-0.39, 0.29) is 5.82 Å². The van der Waals surface area contributed by atoms with Crippen LogP contribution in [0.2, 0.25) is 0 Å². The molecule has 4 rings (SSSR count). The molecule has 0 saturated carbocycles. The van der Waals surface area contributed by atoms with Crippen molar-refractivity contribution < 1.29 is 13.9 Å². The molecule has 3 heterocycles. The molecule has 126 valence electrons. The third-order valence-corrected chi connectivity index (χ3v) is 5.42. The third-order valence-electron chi connectivity index (χ3n) is 5.42. The Labute approximate surface area is 137 Å². The summed E-state index contributed by atoms with van der Waals surface area (Å²) in [5.74, 6) is -0.166. The Balaban J connectivity index is 1.49. The third kappa shape index (κ3) is 3.29. The van der Waals surface area contributed by atoms with Crippen LogP contribution < -0.4 is 0 Å². The van der Waals surface area contributed by atoms with Gasteiger partial charge in [0.25, 0.3) is 0 Å². The monoisotopic (exact) mass is 320 g/mol. The van der Waals surface area contributed by atoms with Crippen LogP contribution >= 0.6 is 0 Å². The van der Waals surface area contributed by atoms with Crippen LogP contribution in [0.1, 0.15) is 18.4 Å². The number of hydrogen-bond donors (Lipinski definition) is 0. The van der Waals surface area contributed by atoms with Gasteiger partial charge in [-0.15, -0.1) is 0 Å². The van der Waals surface area contributed by atoms with Gasteiger partial charge in [0.1, 0.15) is 5.82 Å². The van der Waals surface area contributed by atoms with Crippen LogP contribution in [0.5, 0.6) is 0 Å². The molecule has 0 N–H and O–H groups in total. The van der Waals surface area contributed by atoms with Gasteiger partial charge < -0.3 is 9.47 Å². The normalized spacial score (nSPS) is 32.8. The van der Waals surface area contributed by atoms with Crippen molar-refractivity contribution in [1.82, 2.24) is 9.80 Å². The van der Waals surface area contributed by atoms with E-state index in [1.165, 1.54) is 12.0 Å². The molecule has 0 amide bonds. The maximum atomic E-state index is 13.1. The van der Waals surface area contributed by atoms with Gasteiger partial charge in [-0.1, -0.05) is 12.1 Å². The minimum absolute atomic E-state index is 0.166. The minimum Gasteiger partial charge on any atom is -0.379 e. The fourth-order valence-corrected chi connectivity index (χ4v) is 4.26. The Hall–Kier alpha value is -1.01. The smallest absolute Gasteiger partial charge is 0.123 e. The molecule has 4 nitrogen and oxygen atoms in total. The van der Waals surface area contributed by atoms with Crippen molar-refractivity contribution >= 4 is 0 Å². The molecule has 1 aromatic carbocycles. The lowest BCUT2D eigenvalue weighted by Crippen LogP contribution is -2.51. The molecule has 3 aliphatic heterocycles. The number of halogens is 1. The van der Waals surface area contributed by atoms with Crippen molar-refractivity contribution in [2.75, 3.05) is 39.5 Å². The van der Waals surface area contributed by atoms with Crippen LogP contribution in [0.3, 0.4) is 0 Å². The van der Waals surface area contributed by atoms with Gasteiger partial charge in [-0.05, 0) is 30.5 Å². The molecule has 2 unspecified atom stereocenters. The predicted octanol–water partition coefficient (Wildman–Crippen LogP) is 1.89. The molecule has 0 aliphatic carbocycles. The van der Waals surface area contributed by atoms with Gasteiger partial charge in [-0.2, -0.15) is 0 Å². The van der Waals surface area contributed by atoms with Crippen LogP contribution in [0.25, 0.3) is 0 Å². The summed E-state index contributed by atoms with van der Waals surface area (Å²) >= 11 is 0. The van der Waals surface area contributed by atoms with E-state index < -0.39 is 0 Å². The molecule has 1 aromatic rings. The number of nitrogens with zero attached hydrogens (tertiary/aromatic N) is 2. The lowest BCUT2D eigenvalue weighted by atomic mass is 9.99. The molecule has 5 heteroatoms. The topological polar surface area (TPSA) is 24.9 Å². The first-order valence-electron chi connectivity index (χ1n) is 8.73. The van der Waals surface area contributed by atoms with Gasteiger partial charge in [0, 0.05) is 38.8 Å².